The minimum absolute atomic E-state index is 0.0784. The minimum Gasteiger partial charge on any atom is -0.481 e. The summed E-state index contributed by atoms with van der Waals surface area (Å²) in [6, 6.07) is -0.192. The van der Waals surface area contributed by atoms with E-state index in [1.54, 1.807) is 0 Å². The molecule has 0 aliphatic rings. The number of carboxylic acids is 1. The second kappa shape index (κ2) is 4.28. The first-order valence-electron chi connectivity index (χ1n) is 3.55. The Hall–Kier alpha value is -0.570. The van der Waals surface area contributed by atoms with E-state index in [0.29, 0.717) is 5.92 Å². The summed E-state index contributed by atoms with van der Waals surface area (Å²) < 4.78 is 0. The maximum absolute atomic E-state index is 10.2. The Morgan fingerprint density at radius 1 is 1.70 bits per heavy atom. The Morgan fingerprint density at radius 3 is 2.50 bits per heavy atom. The zero-order valence-corrected chi connectivity index (χ0v) is 6.50. The maximum Gasteiger partial charge on any atom is 0.304 e. The molecule has 0 aromatic rings. The molecule has 2 atom stereocenters. The molecule has 0 saturated heterocycles. The number of nitrogens with two attached hydrogens (primary N) is 1. The second-order valence-electron chi connectivity index (χ2n) is 2.65. The maximum atomic E-state index is 10.2. The van der Waals surface area contributed by atoms with Crippen LogP contribution in [0.4, 0.5) is 0 Å². The van der Waals surface area contributed by atoms with Crippen molar-refractivity contribution in [3.05, 3.63) is 0 Å². The molecule has 0 aromatic carbocycles. The Labute approximate surface area is 61.2 Å². The minimum atomic E-state index is -0.812. The van der Waals surface area contributed by atoms with Gasteiger partial charge < -0.3 is 10.8 Å². The molecule has 0 unspecified atom stereocenters. The Kier molecular flexibility index (Phi) is 4.03. The quantitative estimate of drug-likeness (QED) is 0.616. The second-order valence-corrected chi connectivity index (χ2v) is 2.65. The molecule has 0 fully saturated rings. The number of carbonyl (C=O) groups is 1. The lowest BCUT2D eigenvalue weighted by Gasteiger charge is -2.15. The molecule has 0 aliphatic carbocycles. The predicted octanol–water partition coefficient (Wildman–Crippen LogP) is 0.835. The fraction of sp³-hybridized carbons (Fsp3) is 0.857. The predicted molar refractivity (Wildman–Crippen MR) is 39.7 cm³/mol. The van der Waals surface area contributed by atoms with Crippen LogP contribution in [0.2, 0.25) is 0 Å². The smallest absolute Gasteiger partial charge is 0.304 e. The SMILES string of the molecule is CC[C@H](C)[C@@H](N)CC(=O)O. The van der Waals surface area contributed by atoms with Crippen molar-refractivity contribution < 1.29 is 9.90 Å². The number of aliphatic carboxylic acids is 1. The van der Waals surface area contributed by atoms with E-state index in [-0.39, 0.29) is 12.5 Å². The van der Waals surface area contributed by atoms with Crippen LogP contribution in [0.5, 0.6) is 0 Å². The summed E-state index contributed by atoms with van der Waals surface area (Å²) >= 11 is 0. The van der Waals surface area contributed by atoms with Gasteiger partial charge in [0.25, 0.3) is 0 Å². The van der Waals surface area contributed by atoms with E-state index >= 15 is 0 Å². The number of hydrogen-bond acceptors (Lipinski definition) is 2. The Bertz CT molecular complexity index is 114. The average molecular weight is 145 g/mol. The van der Waals surface area contributed by atoms with Crippen LogP contribution in [0, 0.1) is 5.92 Å². The molecule has 10 heavy (non-hydrogen) atoms. The number of rotatable bonds is 4. The van der Waals surface area contributed by atoms with Gasteiger partial charge in [-0.25, -0.2) is 0 Å². The topological polar surface area (TPSA) is 63.3 Å². The molecule has 3 N–H and O–H groups in total. The first kappa shape index (κ1) is 9.43. The zero-order chi connectivity index (χ0) is 8.15. The van der Waals surface area contributed by atoms with Crippen molar-refractivity contribution in [2.24, 2.45) is 11.7 Å². The summed E-state index contributed by atoms with van der Waals surface area (Å²) in [5.74, 6) is -0.510. The average Bonchev–Trinajstić information content (AvgIpc) is 1.85. The Morgan fingerprint density at radius 2 is 2.20 bits per heavy atom. The third kappa shape index (κ3) is 3.45. The van der Waals surface area contributed by atoms with E-state index in [1.165, 1.54) is 0 Å². The summed E-state index contributed by atoms with van der Waals surface area (Å²) in [5, 5.41) is 8.35. The fourth-order valence-electron chi connectivity index (χ4n) is 0.706. The van der Waals surface area contributed by atoms with Crippen LogP contribution in [-0.4, -0.2) is 17.1 Å². The molecule has 0 aromatic heterocycles. The summed E-state index contributed by atoms with van der Waals surface area (Å²) in [5.41, 5.74) is 5.55. The van der Waals surface area contributed by atoms with Gasteiger partial charge in [0.1, 0.15) is 0 Å². The largest absolute Gasteiger partial charge is 0.481 e. The van der Waals surface area contributed by atoms with Gasteiger partial charge in [0.2, 0.25) is 0 Å². The molecular formula is C7H15NO2. The van der Waals surface area contributed by atoms with Crippen molar-refractivity contribution in [3.8, 4) is 0 Å². The molecule has 60 valence electrons. The van der Waals surface area contributed by atoms with Crippen LogP contribution >= 0.6 is 0 Å². The van der Waals surface area contributed by atoms with Crippen molar-refractivity contribution >= 4 is 5.97 Å². The molecule has 0 radical (unpaired) electrons. The summed E-state index contributed by atoms with van der Waals surface area (Å²) in [7, 11) is 0. The highest BCUT2D eigenvalue weighted by molar-refractivity contribution is 5.67. The van der Waals surface area contributed by atoms with Gasteiger partial charge in [-0.2, -0.15) is 0 Å². The molecule has 0 amide bonds. The summed E-state index contributed by atoms with van der Waals surface area (Å²) in [6.45, 7) is 3.97. The molecule has 0 aliphatic heterocycles. The van der Waals surface area contributed by atoms with Crippen LogP contribution in [0.15, 0.2) is 0 Å². The van der Waals surface area contributed by atoms with Crippen molar-refractivity contribution in [1.82, 2.24) is 0 Å². The summed E-state index contributed by atoms with van der Waals surface area (Å²) in [6.07, 6.45) is 1.02. The van der Waals surface area contributed by atoms with Crippen molar-refractivity contribution in [2.45, 2.75) is 32.7 Å². The lowest BCUT2D eigenvalue weighted by molar-refractivity contribution is -0.137. The molecule has 0 spiro atoms. The van der Waals surface area contributed by atoms with Gasteiger partial charge in [-0.15, -0.1) is 0 Å². The Balaban J connectivity index is 3.61. The zero-order valence-electron chi connectivity index (χ0n) is 6.50. The summed E-state index contributed by atoms with van der Waals surface area (Å²) in [4.78, 5) is 10.2. The van der Waals surface area contributed by atoms with E-state index in [2.05, 4.69) is 0 Å². The molecule has 3 nitrogen and oxygen atoms in total. The molecular weight excluding hydrogens is 130 g/mol. The van der Waals surface area contributed by atoms with Gasteiger partial charge in [0, 0.05) is 6.04 Å². The van der Waals surface area contributed by atoms with Crippen molar-refractivity contribution in [3.63, 3.8) is 0 Å². The van der Waals surface area contributed by atoms with Gasteiger partial charge in [0.05, 0.1) is 6.42 Å². The highest BCUT2D eigenvalue weighted by Crippen LogP contribution is 2.07. The van der Waals surface area contributed by atoms with Gasteiger partial charge >= 0.3 is 5.97 Å². The lowest BCUT2D eigenvalue weighted by Crippen LogP contribution is -2.30. The molecule has 3 heteroatoms. The van der Waals surface area contributed by atoms with E-state index < -0.39 is 5.97 Å². The fourth-order valence-corrected chi connectivity index (χ4v) is 0.706. The first-order valence-corrected chi connectivity index (χ1v) is 3.55. The van der Waals surface area contributed by atoms with E-state index in [9.17, 15) is 4.79 Å². The first-order chi connectivity index (χ1) is 4.57. The van der Waals surface area contributed by atoms with Gasteiger partial charge in [0.15, 0.2) is 0 Å². The molecule has 0 rings (SSSR count). The van der Waals surface area contributed by atoms with E-state index in [4.69, 9.17) is 10.8 Å². The normalized spacial score (nSPS) is 16.3. The van der Waals surface area contributed by atoms with Crippen LogP contribution in [-0.2, 0) is 4.79 Å². The van der Waals surface area contributed by atoms with Gasteiger partial charge in [-0.3, -0.25) is 4.79 Å². The van der Waals surface area contributed by atoms with Crippen LogP contribution in [0.1, 0.15) is 26.7 Å². The number of hydrogen-bond donors (Lipinski definition) is 2. The molecule has 0 saturated carbocycles. The van der Waals surface area contributed by atoms with Crippen molar-refractivity contribution in [1.29, 1.82) is 0 Å². The molecule has 0 heterocycles. The molecule has 0 bridgehead atoms. The third-order valence-corrected chi connectivity index (χ3v) is 1.79. The lowest BCUT2D eigenvalue weighted by atomic mass is 9.98. The van der Waals surface area contributed by atoms with Crippen LogP contribution < -0.4 is 5.73 Å². The van der Waals surface area contributed by atoms with Crippen LogP contribution in [0.25, 0.3) is 0 Å². The highest BCUT2D eigenvalue weighted by Gasteiger charge is 2.13. The third-order valence-electron chi connectivity index (χ3n) is 1.79. The van der Waals surface area contributed by atoms with Crippen molar-refractivity contribution in [2.75, 3.05) is 0 Å². The monoisotopic (exact) mass is 145 g/mol. The van der Waals surface area contributed by atoms with E-state index in [0.717, 1.165) is 6.42 Å². The standard InChI is InChI=1S/C7H15NO2/c1-3-5(2)6(8)4-7(9)10/h5-6H,3-4,8H2,1-2H3,(H,9,10)/t5-,6-/m0/s1. The number of carboxylic acid groups (broad SMARTS) is 1. The highest BCUT2D eigenvalue weighted by atomic mass is 16.4. The van der Waals surface area contributed by atoms with E-state index in [1.807, 2.05) is 13.8 Å². The van der Waals surface area contributed by atoms with Crippen LogP contribution in [0.3, 0.4) is 0 Å². The van der Waals surface area contributed by atoms with Gasteiger partial charge in [-0.1, -0.05) is 20.3 Å². The van der Waals surface area contributed by atoms with Gasteiger partial charge in [-0.05, 0) is 5.92 Å².